The largest absolute Gasteiger partial charge is 0.351 e. The molecule has 1 aliphatic heterocycles. The third-order valence-corrected chi connectivity index (χ3v) is 4.93. The minimum absolute atomic E-state index is 0.0175. The van der Waals surface area contributed by atoms with Crippen LogP contribution in [-0.4, -0.2) is 35.3 Å². The maximum Gasteiger partial charge on any atom is 0.255 e. The molecule has 1 aromatic rings. The molecule has 0 aromatic heterocycles. The molecule has 0 spiro atoms. The van der Waals surface area contributed by atoms with Crippen LogP contribution in [0.3, 0.4) is 0 Å². The molecular weight excluding hydrogens is 312 g/mol. The number of likely N-dealkylation sites (tertiary alicyclic amines) is 1. The highest BCUT2D eigenvalue weighted by Gasteiger charge is 2.30. The number of hydrogen-bond acceptors (Lipinski definition) is 2. The fourth-order valence-corrected chi connectivity index (χ4v) is 2.89. The molecule has 0 saturated carbocycles. The van der Waals surface area contributed by atoms with Crippen molar-refractivity contribution in [3.8, 4) is 0 Å². The lowest BCUT2D eigenvalue weighted by Crippen LogP contribution is -2.49. The first-order valence-electron chi connectivity index (χ1n) is 8.20. The van der Waals surface area contributed by atoms with Gasteiger partial charge in [0.2, 0.25) is 5.91 Å². The van der Waals surface area contributed by atoms with Crippen LogP contribution in [0.15, 0.2) is 24.3 Å². The molecule has 2 amide bonds. The summed E-state index contributed by atoms with van der Waals surface area (Å²) in [6.45, 7) is 7.30. The molecule has 5 heteroatoms. The Morgan fingerprint density at radius 3 is 2.43 bits per heavy atom. The smallest absolute Gasteiger partial charge is 0.255 e. The summed E-state index contributed by atoms with van der Waals surface area (Å²) < 4.78 is 0. The van der Waals surface area contributed by atoms with Crippen molar-refractivity contribution in [2.45, 2.75) is 45.6 Å². The molecule has 126 valence electrons. The summed E-state index contributed by atoms with van der Waals surface area (Å²) in [4.78, 5) is 26.6. The molecule has 0 aliphatic carbocycles. The van der Waals surface area contributed by atoms with Crippen molar-refractivity contribution >= 4 is 23.4 Å². The van der Waals surface area contributed by atoms with Gasteiger partial charge in [0, 0.05) is 24.5 Å². The summed E-state index contributed by atoms with van der Waals surface area (Å²) in [5.74, 6) is 0.0289. The van der Waals surface area contributed by atoms with E-state index >= 15 is 0 Å². The van der Waals surface area contributed by atoms with Crippen LogP contribution in [0.1, 0.15) is 50.4 Å². The summed E-state index contributed by atoms with van der Waals surface area (Å²) in [5.41, 5.74) is 0.353. The van der Waals surface area contributed by atoms with E-state index in [1.165, 1.54) is 0 Å². The molecule has 1 aromatic carbocycles. The number of hydrogen-bond donors (Lipinski definition) is 1. The van der Waals surface area contributed by atoms with E-state index in [0.717, 1.165) is 6.42 Å². The lowest BCUT2D eigenvalue weighted by atomic mass is 9.93. The first-order valence-corrected chi connectivity index (χ1v) is 8.57. The van der Waals surface area contributed by atoms with Gasteiger partial charge in [0.15, 0.2) is 0 Å². The Morgan fingerprint density at radius 2 is 1.87 bits per heavy atom. The molecular formula is C18H25ClN2O2. The SMILES string of the molecule is CCC(C)(C)NC(=O)C1CCN(C(=O)c2ccccc2Cl)CC1. The first-order chi connectivity index (χ1) is 10.8. The van der Waals surface area contributed by atoms with Gasteiger partial charge in [-0.3, -0.25) is 9.59 Å². The summed E-state index contributed by atoms with van der Waals surface area (Å²) in [6, 6.07) is 7.09. The number of nitrogens with one attached hydrogen (secondary N) is 1. The van der Waals surface area contributed by atoms with Crippen molar-refractivity contribution in [1.29, 1.82) is 0 Å². The fourth-order valence-electron chi connectivity index (χ4n) is 2.67. The number of carbonyl (C=O) groups excluding carboxylic acids is 2. The number of amides is 2. The third kappa shape index (κ3) is 4.47. The van der Waals surface area contributed by atoms with Gasteiger partial charge in [-0.05, 0) is 45.2 Å². The molecule has 23 heavy (non-hydrogen) atoms. The normalized spacial score (nSPS) is 16.3. The Kier molecular flexibility index (Phi) is 5.69. The Bertz CT molecular complexity index is 578. The van der Waals surface area contributed by atoms with Gasteiger partial charge >= 0.3 is 0 Å². The van der Waals surface area contributed by atoms with Crippen LogP contribution in [0.5, 0.6) is 0 Å². The van der Waals surface area contributed by atoms with E-state index in [-0.39, 0.29) is 23.3 Å². The predicted octanol–water partition coefficient (Wildman–Crippen LogP) is 3.50. The molecule has 0 radical (unpaired) electrons. The third-order valence-electron chi connectivity index (χ3n) is 4.60. The lowest BCUT2D eigenvalue weighted by Gasteiger charge is -2.34. The van der Waals surface area contributed by atoms with Crippen LogP contribution in [0.2, 0.25) is 5.02 Å². The van der Waals surface area contributed by atoms with Gasteiger partial charge in [-0.25, -0.2) is 0 Å². The van der Waals surface area contributed by atoms with E-state index in [0.29, 0.717) is 36.5 Å². The molecule has 0 unspecified atom stereocenters. The Labute approximate surface area is 143 Å². The van der Waals surface area contributed by atoms with Crippen molar-refractivity contribution < 1.29 is 9.59 Å². The predicted molar refractivity (Wildman–Crippen MR) is 92.6 cm³/mol. The van der Waals surface area contributed by atoms with Crippen LogP contribution in [0.4, 0.5) is 0 Å². The highest BCUT2D eigenvalue weighted by atomic mass is 35.5. The Hall–Kier alpha value is -1.55. The van der Waals surface area contributed by atoms with Gasteiger partial charge in [0.25, 0.3) is 5.91 Å². The average Bonchev–Trinajstić information content (AvgIpc) is 2.54. The molecule has 1 heterocycles. The van der Waals surface area contributed by atoms with Gasteiger partial charge in [-0.15, -0.1) is 0 Å². The molecule has 1 fully saturated rings. The average molecular weight is 337 g/mol. The summed E-state index contributed by atoms with van der Waals surface area (Å²) in [7, 11) is 0. The lowest BCUT2D eigenvalue weighted by molar-refractivity contribution is -0.128. The number of carbonyl (C=O) groups is 2. The topological polar surface area (TPSA) is 49.4 Å². The van der Waals surface area contributed by atoms with E-state index in [9.17, 15) is 9.59 Å². The first kappa shape index (κ1) is 17.8. The zero-order valence-electron chi connectivity index (χ0n) is 14.1. The van der Waals surface area contributed by atoms with Gasteiger partial charge in [0.1, 0.15) is 0 Å². The summed E-state index contributed by atoms with van der Waals surface area (Å²) in [6.07, 6.45) is 2.28. The molecule has 1 N–H and O–H groups in total. The Morgan fingerprint density at radius 1 is 1.26 bits per heavy atom. The van der Waals surface area contributed by atoms with Crippen molar-refractivity contribution in [3.63, 3.8) is 0 Å². The maximum atomic E-state index is 12.5. The van der Waals surface area contributed by atoms with E-state index in [1.54, 1.807) is 17.0 Å². The van der Waals surface area contributed by atoms with Crippen LogP contribution >= 0.6 is 11.6 Å². The van der Waals surface area contributed by atoms with Crippen LogP contribution < -0.4 is 5.32 Å². The van der Waals surface area contributed by atoms with E-state index in [2.05, 4.69) is 12.2 Å². The van der Waals surface area contributed by atoms with Crippen LogP contribution in [0.25, 0.3) is 0 Å². The van der Waals surface area contributed by atoms with Gasteiger partial charge in [-0.1, -0.05) is 30.7 Å². The van der Waals surface area contributed by atoms with Gasteiger partial charge < -0.3 is 10.2 Å². The second-order valence-corrected chi connectivity index (χ2v) is 7.18. The molecule has 2 rings (SSSR count). The fraction of sp³-hybridized carbons (Fsp3) is 0.556. The number of rotatable bonds is 4. The van der Waals surface area contributed by atoms with Gasteiger partial charge in [0.05, 0.1) is 10.6 Å². The number of piperidine rings is 1. The molecule has 0 bridgehead atoms. The van der Waals surface area contributed by atoms with Crippen molar-refractivity contribution in [1.82, 2.24) is 10.2 Å². The highest BCUT2D eigenvalue weighted by molar-refractivity contribution is 6.33. The number of benzene rings is 1. The standard InChI is InChI=1S/C18H25ClN2O2/c1-4-18(2,3)20-16(22)13-9-11-21(12-10-13)17(23)14-7-5-6-8-15(14)19/h5-8,13H,4,9-12H2,1-3H3,(H,20,22). The summed E-state index contributed by atoms with van der Waals surface area (Å²) >= 11 is 6.09. The molecule has 1 saturated heterocycles. The van der Waals surface area contributed by atoms with E-state index in [1.807, 2.05) is 26.0 Å². The van der Waals surface area contributed by atoms with Crippen molar-refractivity contribution in [2.75, 3.05) is 13.1 Å². The summed E-state index contributed by atoms with van der Waals surface area (Å²) in [5, 5.41) is 3.57. The Balaban J connectivity index is 1.92. The zero-order valence-corrected chi connectivity index (χ0v) is 14.8. The second kappa shape index (κ2) is 7.35. The molecule has 1 aliphatic rings. The monoisotopic (exact) mass is 336 g/mol. The van der Waals surface area contributed by atoms with E-state index < -0.39 is 0 Å². The molecule has 0 atom stereocenters. The van der Waals surface area contributed by atoms with Crippen LogP contribution in [0, 0.1) is 5.92 Å². The minimum Gasteiger partial charge on any atom is -0.351 e. The number of nitrogens with zero attached hydrogens (tertiary/aromatic N) is 1. The highest BCUT2D eigenvalue weighted by Crippen LogP contribution is 2.23. The molecule has 4 nitrogen and oxygen atoms in total. The van der Waals surface area contributed by atoms with E-state index in [4.69, 9.17) is 11.6 Å². The maximum absolute atomic E-state index is 12.5. The zero-order chi connectivity index (χ0) is 17.0. The number of halogens is 1. The van der Waals surface area contributed by atoms with Crippen molar-refractivity contribution in [2.24, 2.45) is 5.92 Å². The quantitative estimate of drug-likeness (QED) is 0.914. The van der Waals surface area contributed by atoms with Gasteiger partial charge in [-0.2, -0.15) is 0 Å². The van der Waals surface area contributed by atoms with Crippen LogP contribution in [-0.2, 0) is 4.79 Å². The minimum atomic E-state index is -0.179. The second-order valence-electron chi connectivity index (χ2n) is 6.77. The van der Waals surface area contributed by atoms with Crippen molar-refractivity contribution in [3.05, 3.63) is 34.9 Å².